The van der Waals surface area contributed by atoms with Gasteiger partial charge in [0.05, 0.1) is 0 Å². The van der Waals surface area contributed by atoms with Gasteiger partial charge in [-0.05, 0) is 31.4 Å². The van der Waals surface area contributed by atoms with E-state index in [0.717, 1.165) is 17.2 Å². The summed E-state index contributed by atoms with van der Waals surface area (Å²) < 4.78 is 0. The number of amides is 2. The quantitative estimate of drug-likeness (QED) is 0.894. The van der Waals surface area contributed by atoms with Crippen molar-refractivity contribution < 1.29 is 4.79 Å². The van der Waals surface area contributed by atoms with E-state index >= 15 is 0 Å². The van der Waals surface area contributed by atoms with Gasteiger partial charge in [0.2, 0.25) is 5.13 Å². The van der Waals surface area contributed by atoms with Gasteiger partial charge in [-0.2, -0.15) is 11.8 Å². The van der Waals surface area contributed by atoms with Crippen LogP contribution >= 0.6 is 23.1 Å². The van der Waals surface area contributed by atoms with Crippen molar-refractivity contribution in [1.82, 2.24) is 15.5 Å². The lowest BCUT2D eigenvalue weighted by Gasteiger charge is -2.22. The summed E-state index contributed by atoms with van der Waals surface area (Å²) in [5.74, 6) is 2.81. The Morgan fingerprint density at radius 2 is 2.17 bits per heavy atom. The first-order chi connectivity index (χ1) is 8.81. The van der Waals surface area contributed by atoms with Crippen LogP contribution in [0.5, 0.6) is 0 Å². The minimum atomic E-state index is -0.152. The van der Waals surface area contributed by atoms with Crippen LogP contribution in [0.1, 0.15) is 36.6 Å². The molecule has 7 heteroatoms. The summed E-state index contributed by atoms with van der Waals surface area (Å²) in [6.45, 7) is 0. The predicted molar refractivity (Wildman–Crippen MR) is 74.4 cm³/mol. The molecule has 5 nitrogen and oxygen atoms in total. The highest BCUT2D eigenvalue weighted by molar-refractivity contribution is 7.99. The van der Waals surface area contributed by atoms with E-state index in [1.54, 1.807) is 0 Å². The molecule has 2 heterocycles. The number of thioether (sulfide) groups is 1. The third-order valence-electron chi connectivity index (χ3n) is 3.08. The molecule has 0 aromatic carbocycles. The van der Waals surface area contributed by atoms with E-state index in [-0.39, 0.29) is 6.03 Å². The Morgan fingerprint density at radius 3 is 2.89 bits per heavy atom. The Hall–Kier alpha value is -0.820. The third kappa shape index (κ3) is 3.14. The standard InChI is InChI=1S/C11H16N4OS2/c16-10(12-8-2-1-5-17-6-8)13-11-15-14-9(18-11)7-3-4-7/h7-8H,1-6H2,(H2,12,13,15,16)/t8-/m1/s1. The topological polar surface area (TPSA) is 66.9 Å². The average molecular weight is 284 g/mol. The highest BCUT2D eigenvalue weighted by Crippen LogP contribution is 2.41. The van der Waals surface area contributed by atoms with Gasteiger partial charge in [-0.3, -0.25) is 5.32 Å². The van der Waals surface area contributed by atoms with Gasteiger partial charge in [-0.1, -0.05) is 11.3 Å². The van der Waals surface area contributed by atoms with Crippen molar-refractivity contribution in [3.63, 3.8) is 0 Å². The van der Waals surface area contributed by atoms with Crippen molar-refractivity contribution in [3.05, 3.63) is 5.01 Å². The number of rotatable bonds is 3. The summed E-state index contributed by atoms with van der Waals surface area (Å²) in [6, 6.07) is 0.139. The molecular formula is C11H16N4OS2. The first kappa shape index (κ1) is 12.2. The smallest absolute Gasteiger partial charge is 0.321 e. The molecule has 1 aromatic heterocycles. The van der Waals surface area contributed by atoms with Crippen molar-refractivity contribution in [1.29, 1.82) is 0 Å². The highest BCUT2D eigenvalue weighted by atomic mass is 32.2. The van der Waals surface area contributed by atoms with Crippen LogP contribution < -0.4 is 10.6 Å². The fraction of sp³-hybridized carbons (Fsp3) is 0.727. The summed E-state index contributed by atoms with van der Waals surface area (Å²) in [4.78, 5) is 11.8. The number of anilines is 1. The van der Waals surface area contributed by atoms with Crippen LogP contribution in [0.3, 0.4) is 0 Å². The van der Waals surface area contributed by atoms with E-state index in [9.17, 15) is 4.79 Å². The maximum atomic E-state index is 11.8. The van der Waals surface area contributed by atoms with Gasteiger partial charge < -0.3 is 5.32 Å². The Bertz CT molecular complexity index is 426. The first-order valence-electron chi connectivity index (χ1n) is 6.30. The fourth-order valence-corrected chi connectivity index (χ4v) is 3.93. The van der Waals surface area contributed by atoms with Gasteiger partial charge in [-0.25, -0.2) is 4.79 Å². The van der Waals surface area contributed by atoms with Crippen LogP contribution in [0.25, 0.3) is 0 Å². The number of hydrogen-bond donors (Lipinski definition) is 2. The lowest BCUT2D eigenvalue weighted by Crippen LogP contribution is -2.40. The van der Waals surface area contributed by atoms with Crippen LogP contribution in [0.2, 0.25) is 0 Å². The van der Waals surface area contributed by atoms with Gasteiger partial charge >= 0.3 is 6.03 Å². The summed E-state index contributed by atoms with van der Waals surface area (Å²) >= 11 is 3.39. The summed E-state index contributed by atoms with van der Waals surface area (Å²) in [5, 5.41) is 15.5. The normalized spacial score (nSPS) is 23.7. The largest absolute Gasteiger partial charge is 0.334 e. The minimum absolute atomic E-state index is 0.152. The van der Waals surface area contributed by atoms with Gasteiger partial charge in [0.15, 0.2) is 0 Å². The van der Waals surface area contributed by atoms with Crippen molar-refractivity contribution >= 4 is 34.3 Å². The summed E-state index contributed by atoms with van der Waals surface area (Å²) in [6.07, 6.45) is 4.67. The zero-order valence-electron chi connectivity index (χ0n) is 10.0. The molecule has 1 aromatic rings. The zero-order chi connectivity index (χ0) is 12.4. The van der Waals surface area contributed by atoms with Crippen LogP contribution in [0.4, 0.5) is 9.93 Å². The number of urea groups is 1. The minimum Gasteiger partial charge on any atom is -0.334 e. The number of carbonyl (C=O) groups is 1. The lowest BCUT2D eigenvalue weighted by molar-refractivity contribution is 0.248. The monoisotopic (exact) mass is 284 g/mol. The number of carbonyl (C=O) groups excluding carboxylic acids is 1. The molecule has 0 bridgehead atoms. The second kappa shape index (κ2) is 5.44. The van der Waals surface area contributed by atoms with Gasteiger partial charge in [0, 0.05) is 17.7 Å². The lowest BCUT2D eigenvalue weighted by atomic mass is 10.2. The number of nitrogens with one attached hydrogen (secondary N) is 2. The Labute approximate surface area is 114 Å². The SMILES string of the molecule is O=C(Nc1nnc(C2CC2)s1)N[C@@H]1CCCSC1. The molecule has 0 unspecified atom stereocenters. The van der Waals surface area contributed by atoms with E-state index in [0.29, 0.717) is 17.1 Å². The molecule has 98 valence electrons. The number of nitrogens with zero attached hydrogens (tertiary/aromatic N) is 2. The Balaban J connectivity index is 1.49. The third-order valence-corrected chi connectivity index (χ3v) is 5.30. The van der Waals surface area contributed by atoms with E-state index in [1.165, 1.54) is 36.4 Å². The number of hydrogen-bond acceptors (Lipinski definition) is 5. The van der Waals surface area contributed by atoms with E-state index in [4.69, 9.17) is 0 Å². The summed E-state index contributed by atoms with van der Waals surface area (Å²) in [7, 11) is 0. The maximum absolute atomic E-state index is 11.8. The molecule has 1 atom stereocenters. The number of aromatic nitrogens is 2. The first-order valence-corrected chi connectivity index (χ1v) is 8.27. The molecule has 0 spiro atoms. The van der Waals surface area contributed by atoms with E-state index in [1.807, 2.05) is 11.8 Å². The molecule has 1 saturated carbocycles. The second-order valence-electron chi connectivity index (χ2n) is 4.73. The van der Waals surface area contributed by atoms with Crippen molar-refractivity contribution in [2.45, 2.75) is 37.6 Å². The van der Waals surface area contributed by atoms with Crippen LogP contribution in [0, 0.1) is 0 Å². The molecule has 2 aliphatic rings. The Morgan fingerprint density at radius 1 is 1.28 bits per heavy atom. The maximum Gasteiger partial charge on any atom is 0.321 e. The van der Waals surface area contributed by atoms with E-state index in [2.05, 4.69) is 20.8 Å². The van der Waals surface area contributed by atoms with Crippen LogP contribution in [-0.2, 0) is 0 Å². The molecule has 0 radical (unpaired) electrons. The van der Waals surface area contributed by atoms with Crippen molar-refractivity contribution in [2.24, 2.45) is 0 Å². The molecule has 2 amide bonds. The zero-order valence-corrected chi connectivity index (χ0v) is 11.6. The predicted octanol–water partition coefficient (Wildman–Crippen LogP) is 2.43. The second-order valence-corrected chi connectivity index (χ2v) is 6.89. The highest BCUT2D eigenvalue weighted by Gasteiger charge is 2.27. The molecule has 1 aliphatic heterocycles. The van der Waals surface area contributed by atoms with Crippen molar-refractivity contribution in [3.8, 4) is 0 Å². The fourth-order valence-electron chi connectivity index (χ4n) is 1.95. The van der Waals surface area contributed by atoms with Gasteiger partial charge in [0.25, 0.3) is 0 Å². The van der Waals surface area contributed by atoms with Gasteiger partial charge in [0.1, 0.15) is 5.01 Å². The molecular weight excluding hydrogens is 268 g/mol. The molecule has 3 rings (SSSR count). The Kier molecular flexibility index (Phi) is 3.69. The van der Waals surface area contributed by atoms with Crippen LogP contribution in [0.15, 0.2) is 0 Å². The molecule has 1 aliphatic carbocycles. The van der Waals surface area contributed by atoms with E-state index < -0.39 is 0 Å². The molecule has 1 saturated heterocycles. The molecule has 2 N–H and O–H groups in total. The summed E-state index contributed by atoms with van der Waals surface area (Å²) in [5.41, 5.74) is 0. The van der Waals surface area contributed by atoms with Crippen LogP contribution in [-0.4, -0.2) is 33.8 Å². The van der Waals surface area contributed by atoms with Gasteiger partial charge in [-0.15, -0.1) is 10.2 Å². The van der Waals surface area contributed by atoms with Crippen molar-refractivity contribution in [2.75, 3.05) is 16.8 Å². The molecule has 2 fully saturated rings. The molecule has 18 heavy (non-hydrogen) atoms. The average Bonchev–Trinajstić information content (AvgIpc) is 3.12.